The Morgan fingerprint density at radius 1 is 1.38 bits per heavy atom. The van der Waals surface area contributed by atoms with Crippen LogP contribution in [-0.4, -0.2) is 33.1 Å². The van der Waals surface area contributed by atoms with E-state index in [4.69, 9.17) is 9.51 Å². The molecule has 0 spiro atoms. The molecule has 0 aromatic carbocycles. The van der Waals surface area contributed by atoms with Gasteiger partial charge in [-0.25, -0.2) is 0 Å². The van der Waals surface area contributed by atoms with Crippen LogP contribution >= 0.6 is 0 Å². The van der Waals surface area contributed by atoms with Gasteiger partial charge in [0.15, 0.2) is 5.82 Å². The molecule has 5 nitrogen and oxygen atoms in total. The van der Waals surface area contributed by atoms with Gasteiger partial charge in [-0.3, -0.25) is 9.88 Å². The van der Waals surface area contributed by atoms with Gasteiger partial charge in [-0.2, -0.15) is 4.98 Å². The molecule has 128 valence electrons. The Labute approximate surface area is 143 Å². The van der Waals surface area contributed by atoms with E-state index in [-0.39, 0.29) is 5.41 Å². The minimum Gasteiger partial charge on any atom is -0.339 e. The number of fused-ring (bicyclic) bond motifs is 1. The second-order valence-corrected chi connectivity index (χ2v) is 7.85. The van der Waals surface area contributed by atoms with E-state index in [2.05, 4.69) is 41.0 Å². The number of rotatable bonds is 5. The first-order valence-electron chi connectivity index (χ1n) is 9.11. The smallest absolute Gasteiger partial charge is 0.226 e. The van der Waals surface area contributed by atoms with Crippen LogP contribution in [0.3, 0.4) is 0 Å². The van der Waals surface area contributed by atoms with Crippen LogP contribution in [0.15, 0.2) is 28.9 Å². The van der Waals surface area contributed by atoms with Crippen molar-refractivity contribution < 1.29 is 4.52 Å². The van der Waals surface area contributed by atoms with E-state index in [1.54, 1.807) is 0 Å². The molecule has 2 aliphatic rings. The fraction of sp³-hybridized carbons (Fsp3) is 0.632. The second-order valence-electron chi connectivity index (χ2n) is 7.85. The Hall–Kier alpha value is -1.75. The molecule has 2 fully saturated rings. The summed E-state index contributed by atoms with van der Waals surface area (Å²) < 4.78 is 5.55. The van der Waals surface area contributed by atoms with Crippen LogP contribution in [0, 0.1) is 11.8 Å². The maximum Gasteiger partial charge on any atom is 0.226 e. The molecule has 4 rings (SSSR count). The molecule has 1 saturated carbocycles. The maximum absolute atomic E-state index is 5.55. The van der Waals surface area contributed by atoms with Gasteiger partial charge in [0, 0.05) is 32.3 Å². The zero-order valence-electron chi connectivity index (χ0n) is 14.6. The summed E-state index contributed by atoms with van der Waals surface area (Å²) in [6.07, 6.45) is 6.46. The van der Waals surface area contributed by atoms with Crippen LogP contribution in [0.1, 0.15) is 50.5 Å². The normalized spacial score (nSPS) is 27.0. The summed E-state index contributed by atoms with van der Waals surface area (Å²) in [5.41, 5.74) is 1.23. The number of pyridine rings is 1. The lowest BCUT2D eigenvalue weighted by molar-refractivity contribution is 0.282. The molecule has 1 saturated heterocycles. The summed E-state index contributed by atoms with van der Waals surface area (Å²) in [5, 5.41) is 4.40. The average Bonchev–Trinajstić information content (AvgIpc) is 3.22. The molecule has 1 aliphatic carbocycles. The zero-order chi connectivity index (χ0) is 16.6. The highest BCUT2D eigenvalue weighted by Gasteiger charge is 2.53. The van der Waals surface area contributed by atoms with Gasteiger partial charge >= 0.3 is 0 Å². The zero-order valence-corrected chi connectivity index (χ0v) is 14.6. The van der Waals surface area contributed by atoms with Gasteiger partial charge in [-0.1, -0.05) is 31.5 Å². The van der Waals surface area contributed by atoms with Crippen molar-refractivity contribution >= 4 is 0 Å². The molecule has 24 heavy (non-hydrogen) atoms. The van der Waals surface area contributed by atoms with E-state index < -0.39 is 0 Å². The first-order valence-corrected chi connectivity index (χ1v) is 9.11. The van der Waals surface area contributed by atoms with Crippen molar-refractivity contribution in [1.29, 1.82) is 0 Å². The van der Waals surface area contributed by atoms with Crippen molar-refractivity contribution in [1.82, 2.24) is 20.0 Å². The van der Waals surface area contributed by atoms with Gasteiger partial charge in [-0.15, -0.1) is 0 Å². The number of nitrogens with zero attached hydrogens (tertiary/aromatic N) is 4. The predicted molar refractivity (Wildman–Crippen MR) is 91.4 cm³/mol. The largest absolute Gasteiger partial charge is 0.339 e. The van der Waals surface area contributed by atoms with E-state index >= 15 is 0 Å². The maximum atomic E-state index is 5.55. The highest BCUT2D eigenvalue weighted by molar-refractivity contribution is 5.19. The summed E-state index contributed by atoms with van der Waals surface area (Å²) in [5.74, 6) is 2.93. The third kappa shape index (κ3) is 2.86. The molecule has 1 aliphatic heterocycles. The molecule has 3 heterocycles. The minimum atomic E-state index is 0.0908. The van der Waals surface area contributed by atoms with Gasteiger partial charge < -0.3 is 4.52 Å². The Morgan fingerprint density at radius 3 is 3.08 bits per heavy atom. The molecule has 0 unspecified atom stereocenters. The number of hydrogen-bond acceptors (Lipinski definition) is 5. The van der Waals surface area contributed by atoms with Crippen LogP contribution in [0.4, 0.5) is 0 Å². The lowest BCUT2D eigenvalue weighted by Crippen LogP contribution is -2.33. The SMILES string of the molecule is CC(C)Cc1nc([C@@]23CCC[C@@H]2CN(Cc2ccccn2)C3)no1. The molecule has 0 amide bonds. The summed E-state index contributed by atoms with van der Waals surface area (Å²) in [7, 11) is 0. The Morgan fingerprint density at radius 2 is 2.29 bits per heavy atom. The Bertz CT molecular complexity index is 684. The first-order chi connectivity index (χ1) is 11.7. The number of hydrogen-bond donors (Lipinski definition) is 0. The van der Waals surface area contributed by atoms with E-state index in [9.17, 15) is 0 Å². The third-order valence-electron chi connectivity index (χ3n) is 5.55. The molecular formula is C19H26N4O. The number of aromatic nitrogens is 3. The van der Waals surface area contributed by atoms with Gasteiger partial charge in [-0.05, 0) is 36.8 Å². The van der Waals surface area contributed by atoms with Crippen molar-refractivity contribution in [3.05, 3.63) is 41.8 Å². The predicted octanol–water partition coefficient (Wildman–Crippen LogP) is 3.22. The standard InChI is InChI=1S/C19H26N4O/c1-14(2)10-17-21-18(22-24-17)19-8-5-6-15(19)11-23(13-19)12-16-7-3-4-9-20-16/h3-4,7,9,14-15H,5-6,8,10-13H2,1-2H3/t15-,19-/m1/s1. The molecule has 2 atom stereocenters. The highest BCUT2D eigenvalue weighted by atomic mass is 16.5. The van der Waals surface area contributed by atoms with Crippen LogP contribution < -0.4 is 0 Å². The fourth-order valence-electron chi connectivity index (χ4n) is 4.49. The first kappa shape index (κ1) is 15.8. The summed E-state index contributed by atoms with van der Waals surface area (Å²) in [6, 6.07) is 6.14. The average molecular weight is 326 g/mol. The van der Waals surface area contributed by atoms with Crippen molar-refractivity contribution in [3.8, 4) is 0 Å². The molecule has 2 aromatic heterocycles. The summed E-state index contributed by atoms with van der Waals surface area (Å²) >= 11 is 0. The van der Waals surface area contributed by atoms with Crippen molar-refractivity contribution in [2.75, 3.05) is 13.1 Å². The van der Waals surface area contributed by atoms with Gasteiger partial charge in [0.25, 0.3) is 0 Å². The summed E-state index contributed by atoms with van der Waals surface area (Å²) in [6.45, 7) is 7.42. The van der Waals surface area contributed by atoms with Crippen LogP contribution in [0.2, 0.25) is 0 Å². The Kier molecular flexibility index (Phi) is 4.12. The van der Waals surface area contributed by atoms with Crippen molar-refractivity contribution in [2.45, 2.75) is 51.5 Å². The van der Waals surface area contributed by atoms with Gasteiger partial charge in [0.1, 0.15) is 0 Å². The van der Waals surface area contributed by atoms with Crippen molar-refractivity contribution in [3.63, 3.8) is 0 Å². The lowest BCUT2D eigenvalue weighted by Gasteiger charge is -2.25. The second kappa shape index (κ2) is 6.28. The van der Waals surface area contributed by atoms with Crippen LogP contribution in [-0.2, 0) is 18.4 Å². The molecule has 0 radical (unpaired) electrons. The quantitative estimate of drug-likeness (QED) is 0.844. The molecule has 0 bridgehead atoms. The van der Waals surface area contributed by atoms with Crippen LogP contribution in [0.5, 0.6) is 0 Å². The highest BCUT2D eigenvalue weighted by Crippen LogP contribution is 2.49. The molecule has 5 heteroatoms. The monoisotopic (exact) mass is 326 g/mol. The van der Waals surface area contributed by atoms with E-state index in [0.717, 1.165) is 43.5 Å². The van der Waals surface area contributed by atoms with Crippen molar-refractivity contribution in [2.24, 2.45) is 11.8 Å². The van der Waals surface area contributed by atoms with Gasteiger partial charge in [0.2, 0.25) is 5.89 Å². The topological polar surface area (TPSA) is 55.1 Å². The molecule has 2 aromatic rings. The lowest BCUT2D eigenvalue weighted by atomic mass is 9.80. The van der Waals surface area contributed by atoms with Gasteiger partial charge in [0.05, 0.1) is 11.1 Å². The fourth-order valence-corrected chi connectivity index (χ4v) is 4.49. The minimum absolute atomic E-state index is 0.0908. The number of likely N-dealkylation sites (tertiary alicyclic amines) is 1. The third-order valence-corrected chi connectivity index (χ3v) is 5.55. The van der Waals surface area contributed by atoms with E-state index in [0.29, 0.717) is 11.8 Å². The van der Waals surface area contributed by atoms with E-state index in [1.165, 1.54) is 19.3 Å². The molecule has 0 N–H and O–H groups in total. The van der Waals surface area contributed by atoms with Crippen LogP contribution in [0.25, 0.3) is 0 Å². The Balaban J connectivity index is 1.53. The summed E-state index contributed by atoms with van der Waals surface area (Å²) in [4.78, 5) is 11.8. The molecular weight excluding hydrogens is 300 g/mol. The van der Waals surface area contributed by atoms with E-state index in [1.807, 2.05) is 12.3 Å².